The summed E-state index contributed by atoms with van der Waals surface area (Å²) in [6.45, 7) is 0.466. The van der Waals surface area contributed by atoms with E-state index in [2.05, 4.69) is 5.32 Å². The highest BCUT2D eigenvalue weighted by molar-refractivity contribution is 7.91. The van der Waals surface area contributed by atoms with Crippen molar-refractivity contribution in [2.75, 3.05) is 11.5 Å². The third kappa shape index (κ3) is 3.72. The molecule has 1 heterocycles. The number of benzene rings is 1. The first-order valence-corrected chi connectivity index (χ1v) is 8.82. The van der Waals surface area contributed by atoms with Gasteiger partial charge in [0.2, 0.25) is 0 Å². The van der Waals surface area contributed by atoms with Gasteiger partial charge in [0.1, 0.15) is 23.8 Å². The van der Waals surface area contributed by atoms with Gasteiger partial charge in [0.15, 0.2) is 9.84 Å². The number of sulfone groups is 1. The Balaban J connectivity index is 1.74. The van der Waals surface area contributed by atoms with Crippen LogP contribution in [0.1, 0.15) is 18.4 Å². The van der Waals surface area contributed by atoms with E-state index < -0.39 is 22.0 Å². The molecule has 3 rings (SSSR count). The van der Waals surface area contributed by atoms with Gasteiger partial charge >= 0.3 is 0 Å². The van der Waals surface area contributed by atoms with Crippen molar-refractivity contribution in [2.24, 2.45) is 0 Å². The molecule has 1 aliphatic carbocycles. The van der Waals surface area contributed by atoms with Crippen molar-refractivity contribution in [3.05, 3.63) is 29.6 Å². The molecule has 7 heteroatoms. The molecule has 0 bridgehead atoms. The Morgan fingerprint density at radius 2 is 2.10 bits per heavy atom. The fraction of sp³-hybridized carbons (Fsp3) is 0.571. The fourth-order valence-corrected chi connectivity index (χ4v) is 4.08. The first-order valence-electron chi connectivity index (χ1n) is 7.00. The molecule has 2 fully saturated rings. The Morgan fingerprint density at radius 1 is 1.33 bits per heavy atom. The largest absolute Gasteiger partial charge is 0.486 e. The number of hydrogen-bond acceptors (Lipinski definition) is 5. The second-order valence-corrected chi connectivity index (χ2v) is 7.86. The maximum absolute atomic E-state index is 13.4. The minimum atomic E-state index is -3.27. The zero-order valence-corrected chi connectivity index (χ0v) is 12.3. The van der Waals surface area contributed by atoms with Crippen LogP contribution in [0.25, 0.3) is 0 Å². The minimum Gasteiger partial charge on any atom is -0.486 e. The van der Waals surface area contributed by atoms with Gasteiger partial charge in [-0.3, -0.25) is 0 Å². The quantitative estimate of drug-likeness (QED) is 0.833. The van der Waals surface area contributed by atoms with E-state index in [1.807, 2.05) is 0 Å². The molecule has 116 valence electrons. The highest BCUT2D eigenvalue weighted by atomic mass is 32.2. The minimum absolute atomic E-state index is 0.207. The average molecular weight is 315 g/mol. The summed E-state index contributed by atoms with van der Waals surface area (Å²) in [7, 11) is -3.27. The van der Waals surface area contributed by atoms with Gasteiger partial charge in [-0.05, 0) is 31.0 Å². The van der Waals surface area contributed by atoms with E-state index in [0.717, 1.165) is 12.8 Å². The third-order valence-electron chi connectivity index (χ3n) is 3.73. The van der Waals surface area contributed by atoms with Gasteiger partial charge in [-0.1, -0.05) is 0 Å². The van der Waals surface area contributed by atoms with Crippen LogP contribution < -0.4 is 10.1 Å². The first kappa shape index (κ1) is 14.7. The summed E-state index contributed by atoms with van der Waals surface area (Å²) in [6.07, 6.45) is 0.403. The number of hydrogen-bond donors (Lipinski definition) is 2. The summed E-state index contributed by atoms with van der Waals surface area (Å²) in [4.78, 5) is 0. The number of halogens is 1. The van der Waals surface area contributed by atoms with Gasteiger partial charge in [0.25, 0.3) is 0 Å². The van der Waals surface area contributed by atoms with E-state index in [1.54, 1.807) is 0 Å². The van der Waals surface area contributed by atoms with Crippen LogP contribution in [0.15, 0.2) is 18.2 Å². The van der Waals surface area contributed by atoms with Gasteiger partial charge in [-0.25, -0.2) is 12.8 Å². The van der Waals surface area contributed by atoms with E-state index in [-0.39, 0.29) is 17.3 Å². The van der Waals surface area contributed by atoms with Crippen LogP contribution in [0.4, 0.5) is 4.39 Å². The molecule has 0 amide bonds. The van der Waals surface area contributed by atoms with E-state index in [1.165, 1.54) is 18.2 Å². The maximum Gasteiger partial charge on any atom is 0.156 e. The van der Waals surface area contributed by atoms with Crippen molar-refractivity contribution in [1.82, 2.24) is 5.32 Å². The zero-order chi connectivity index (χ0) is 15.0. The summed E-state index contributed by atoms with van der Waals surface area (Å²) in [5, 5.41) is 13.0. The highest BCUT2D eigenvalue weighted by Gasteiger charge is 2.38. The van der Waals surface area contributed by atoms with Crippen molar-refractivity contribution in [1.29, 1.82) is 0 Å². The summed E-state index contributed by atoms with van der Waals surface area (Å²) < 4.78 is 42.0. The zero-order valence-electron chi connectivity index (χ0n) is 11.5. The molecular weight excluding hydrogens is 297 g/mol. The first-order chi connectivity index (χ1) is 9.93. The lowest BCUT2D eigenvalue weighted by Crippen LogP contribution is -2.30. The standard InChI is InChI=1S/C14H18FNO4S/c15-10-1-4-13(9(5-10)6-16-11-2-3-11)20-14-8-21(18,19)7-12(14)17/h1,4-5,11-12,14,16-17H,2-3,6-8H2. The monoisotopic (exact) mass is 315 g/mol. The Hall–Kier alpha value is -1.18. The van der Waals surface area contributed by atoms with Crippen LogP contribution in [0.2, 0.25) is 0 Å². The highest BCUT2D eigenvalue weighted by Crippen LogP contribution is 2.26. The van der Waals surface area contributed by atoms with Crippen molar-refractivity contribution in [3.8, 4) is 5.75 Å². The van der Waals surface area contributed by atoms with Gasteiger partial charge in [0, 0.05) is 18.2 Å². The molecule has 2 atom stereocenters. The van der Waals surface area contributed by atoms with E-state index >= 15 is 0 Å². The molecule has 2 unspecified atom stereocenters. The molecule has 0 radical (unpaired) electrons. The lowest BCUT2D eigenvalue weighted by Gasteiger charge is -2.18. The SMILES string of the molecule is O=S1(=O)CC(O)C(Oc2ccc(F)cc2CNC2CC2)C1. The molecule has 2 aliphatic rings. The summed E-state index contributed by atoms with van der Waals surface area (Å²) in [6, 6.07) is 4.60. The predicted molar refractivity (Wildman–Crippen MR) is 75.3 cm³/mol. The molecule has 1 aliphatic heterocycles. The van der Waals surface area contributed by atoms with Crippen LogP contribution in [-0.4, -0.2) is 43.3 Å². The Kier molecular flexibility index (Phi) is 3.90. The van der Waals surface area contributed by atoms with E-state index in [0.29, 0.717) is 23.9 Å². The summed E-state index contributed by atoms with van der Waals surface area (Å²) in [5.74, 6) is -0.435. The fourth-order valence-electron chi connectivity index (χ4n) is 2.42. The number of ether oxygens (including phenoxy) is 1. The maximum atomic E-state index is 13.4. The normalized spacial score (nSPS) is 27.7. The molecule has 0 aromatic heterocycles. The number of nitrogens with one attached hydrogen (secondary N) is 1. The molecule has 1 aromatic carbocycles. The van der Waals surface area contributed by atoms with Crippen LogP contribution in [-0.2, 0) is 16.4 Å². The predicted octanol–water partition coefficient (Wildman–Crippen LogP) is 0.614. The van der Waals surface area contributed by atoms with Crippen LogP contribution in [0, 0.1) is 5.82 Å². The van der Waals surface area contributed by atoms with Crippen molar-refractivity contribution >= 4 is 9.84 Å². The van der Waals surface area contributed by atoms with Gasteiger partial charge in [-0.15, -0.1) is 0 Å². The molecular formula is C14H18FNO4S. The van der Waals surface area contributed by atoms with Crippen LogP contribution in [0.5, 0.6) is 5.75 Å². The van der Waals surface area contributed by atoms with Gasteiger partial charge in [0.05, 0.1) is 11.5 Å². The van der Waals surface area contributed by atoms with Crippen LogP contribution >= 0.6 is 0 Å². The molecule has 1 saturated heterocycles. The number of rotatable bonds is 5. The summed E-state index contributed by atoms with van der Waals surface area (Å²) >= 11 is 0. The van der Waals surface area contributed by atoms with E-state index in [9.17, 15) is 17.9 Å². The molecule has 2 N–H and O–H groups in total. The van der Waals surface area contributed by atoms with E-state index in [4.69, 9.17) is 4.74 Å². The van der Waals surface area contributed by atoms with Crippen molar-refractivity contribution in [2.45, 2.75) is 37.6 Å². The molecule has 5 nitrogen and oxygen atoms in total. The van der Waals surface area contributed by atoms with Crippen LogP contribution in [0.3, 0.4) is 0 Å². The topological polar surface area (TPSA) is 75.6 Å². The Bertz CT molecular complexity index is 630. The molecule has 0 spiro atoms. The Labute approximate surface area is 123 Å². The number of aliphatic hydroxyl groups is 1. The molecule has 21 heavy (non-hydrogen) atoms. The molecule has 1 aromatic rings. The summed E-state index contributed by atoms with van der Waals surface area (Å²) in [5.41, 5.74) is 0.637. The van der Waals surface area contributed by atoms with Gasteiger partial charge < -0.3 is 15.2 Å². The second-order valence-electron chi connectivity index (χ2n) is 5.71. The smallest absolute Gasteiger partial charge is 0.156 e. The number of aliphatic hydroxyl groups excluding tert-OH is 1. The Morgan fingerprint density at radius 3 is 2.71 bits per heavy atom. The lowest BCUT2D eigenvalue weighted by molar-refractivity contribution is 0.0730. The third-order valence-corrected chi connectivity index (χ3v) is 5.42. The second kappa shape index (κ2) is 5.55. The van der Waals surface area contributed by atoms with Crippen molar-refractivity contribution < 1.29 is 22.7 Å². The van der Waals surface area contributed by atoms with Crippen molar-refractivity contribution in [3.63, 3.8) is 0 Å². The average Bonchev–Trinajstić information content (AvgIpc) is 3.17. The molecule has 1 saturated carbocycles. The van der Waals surface area contributed by atoms with Gasteiger partial charge in [-0.2, -0.15) is 0 Å². The lowest BCUT2D eigenvalue weighted by atomic mass is 10.1.